The van der Waals surface area contributed by atoms with Crippen molar-refractivity contribution in [1.82, 2.24) is 4.57 Å². The minimum atomic E-state index is 0.0215. The smallest absolute Gasteiger partial charge is 0.0560 e. The van der Waals surface area contributed by atoms with Crippen molar-refractivity contribution in [2.24, 2.45) is 17.3 Å². The Hall–Kier alpha value is -5.78. The normalized spacial score (nSPS) is 22.4. The largest absolute Gasteiger partial charge is 0.335 e. The molecule has 5 aliphatic rings. The third kappa shape index (κ3) is 5.84. The van der Waals surface area contributed by atoms with Crippen LogP contribution in [0.1, 0.15) is 56.9 Å². The Balaban J connectivity index is 1.05. The van der Waals surface area contributed by atoms with Crippen LogP contribution < -0.4 is 4.90 Å². The zero-order chi connectivity index (χ0) is 37.0. The second kappa shape index (κ2) is 13.6. The van der Waals surface area contributed by atoms with Gasteiger partial charge >= 0.3 is 0 Å². The van der Waals surface area contributed by atoms with E-state index in [2.05, 4.69) is 201 Å². The summed E-state index contributed by atoms with van der Waals surface area (Å²) in [5.74, 6) is 0.750. The van der Waals surface area contributed by atoms with Crippen LogP contribution in [0.25, 0.3) is 33.8 Å². The van der Waals surface area contributed by atoms with Crippen LogP contribution >= 0.6 is 0 Å². The Bertz CT molecular complexity index is 2550. The molecule has 266 valence electrons. The molecule has 1 aromatic heterocycles. The summed E-state index contributed by atoms with van der Waals surface area (Å²) < 4.78 is 2.49. The van der Waals surface area contributed by atoms with E-state index in [4.69, 9.17) is 0 Å². The number of hydrogen-bond acceptors (Lipinski definition) is 1. The number of hydrogen-bond donors (Lipinski definition) is 0. The van der Waals surface area contributed by atoms with Gasteiger partial charge in [0, 0.05) is 39.6 Å². The molecule has 5 aliphatic carbocycles. The number of allylic oxidation sites excluding steroid dienone is 14. The molecule has 4 aromatic rings. The van der Waals surface area contributed by atoms with Crippen LogP contribution in [0.4, 0.5) is 5.69 Å². The van der Waals surface area contributed by atoms with Crippen LogP contribution in [0.5, 0.6) is 0 Å². The maximum atomic E-state index is 3.23. The minimum Gasteiger partial charge on any atom is -0.335 e. The van der Waals surface area contributed by atoms with E-state index in [-0.39, 0.29) is 11.5 Å². The zero-order valence-electron chi connectivity index (χ0n) is 32.1. The highest BCUT2D eigenvalue weighted by molar-refractivity contribution is 5.97. The molecule has 0 saturated heterocycles. The highest BCUT2D eigenvalue weighted by atomic mass is 15.2. The Morgan fingerprint density at radius 1 is 0.907 bits per heavy atom. The maximum Gasteiger partial charge on any atom is 0.0560 e. The van der Waals surface area contributed by atoms with Crippen molar-refractivity contribution in [3.63, 3.8) is 0 Å². The fourth-order valence-corrected chi connectivity index (χ4v) is 9.48. The number of aromatic nitrogens is 1. The standard InChI is InChI=1S/C52H48N2/c1-35-15-14-16-39(31-35)40-25-30-51-48(33-40)47(37(3)53(51)41-17-8-6-9-18-41)32-36(2)38-23-26-43(27-24-38)54(42-19-10-7-11-20-42)44-28-29-46-45-21-12-13-22-49(45)52(4,5)50(46)34-44/h6-8,10-11,14-17,19-26,28-34,43,46,50H,9,18,27H2,1-5H3/b36-32+. The van der Waals surface area contributed by atoms with Crippen LogP contribution in [-0.4, -0.2) is 10.6 Å². The molecule has 0 aliphatic heterocycles. The van der Waals surface area contributed by atoms with E-state index in [9.17, 15) is 0 Å². The fraction of sp³-hybridized carbons (Fsp3) is 0.231. The fourth-order valence-electron chi connectivity index (χ4n) is 9.48. The topological polar surface area (TPSA) is 8.17 Å². The molecule has 3 atom stereocenters. The minimum absolute atomic E-state index is 0.0215. The molecule has 0 radical (unpaired) electrons. The third-order valence-corrected chi connectivity index (χ3v) is 12.4. The molecule has 0 spiro atoms. The first kappa shape index (κ1) is 34.0. The molecular weight excluding hydrogens is 653 g/mol. The van der Waals surface area contributed by atoms with Crippen molar-refractivity contribution < 1.29 is 0 Å². The number of fused-ring (bicyclic) bond motifs is 3. The second-order valence-corrected chi connectivity index (χ2v) is 16.1. The average Bonchev–Trinajstić information content (AvgIpc) is 3.61. The molecule has 2 nitrogen and oxygen atoms in total. The van der Waals surface area contributed by atoms with E-state index in [1.165, 1.54) is 78.2 Å². The molecule has 1 heterocycles. The molecule has 0 bridgehead atoms. The summed E-state index contributed by atoms with van der Waals surface area (Å²) >= 11 is 0. The van der Waals surface area contributed by atoms with Gasteiger partial charge in [-0.2, -0.15) is 0 Å². The van der Waals surface area contributed by atoms with Gasteiger partial charge in [-0.05, 0) is 139 Å². The zero-order valence-corrected chi connectivity index (χ0v) is 32.1. The molecular formula is C52H48N2. The predicted octanol–water partition coefficient (Wildman–Crippen LogP) is 13.2. The summed E-state index contributed by atoms with van der Waals surface area (Å²) in [6, 6.07) is 27.0. The van der Waals surface area contributed by atoms with E-state index >= 15 is 0 Å². The Morgan fingerprint density at radius 2 is 1.74 bits per heavy atom. The number of para-hydroxylation sites is 1. The molecule has 0 fully saturated rings. The monoisotopic (exact) mass is 700 g/mol. The lowest BCUT2D eigenvalue weighted by molar-refractivity contribution is 0.318. The number of anilines is 1. The first-order chi connectivity index (χ1) is 26.3. The van der Waals surface area contributed by atoms with Gasteiger partial charge in [0.25, 0.3) is 0 Å². The van der Waals surface area contributed by atoms with Crippen LogP contribution in [0.2, 0.25) is 0 Å². The van der Waals surface area contributed by atoms with Gasteiger partial charge in [0.05, 0.1) is 11.6 Å². The second-order valence-electron chi connectivity index (χ2n) is 16.1. The van der Waals surface area contributed by atoms with E-state index in [0.29, 0.717) is 11.8 Å². The van der Waals surface area contributed by atoms with Gasteiger partial charge < -0.3 is 9.47 Å². The highest BCUT2D eigenvalue weighted by Gasteiger charge is 2.46. The Morgan fingerprint density at radius 3 is 2.52 bits per heavy atom. The highest BCUT2D eigenvalue weighted by Crippen LogP contribution is 2.55. The molecule has 3 aromatic carbocycles. The number of aryl methyl sites for hydroxylation is 1. The van der Waals surface area contributed by atoms with Crippen LogP contribution in [0.15, 0.2) is 179 Å². The molecule has 0 N–H and O–H groups in total. The van der Waals surface area contributed by atoms with Gasteiger partial charge in [0.2, 0.25) is 0 Å². The van der Waals surface area contributed by atoms with Crippen molar-refractivity contribution in [2.45, 2.75) is 59.9 Å². The summed E-state index contributed by atoms with van der Waals surface area (Å²) in [7, 11) is 0. The summed E-state index contributed by atoms with van der Waals surface area (Å²) in [6.45, 7) is 11.5. The van der Waals surface area contributed by atoms with Crippen molar-refractivity contribution in [1.29, 1.82) is 0 Å². The van der Waals surface area contributed by atoms with E-state index < -0.39 is 0 Å². The van der Waals surface area contributed by atoms with Crippen LogP contribution in [0, 0.1) is 31.1 Å². The van der Waals surface area contributed by atoms with Gasteiger partial charge in [-0.1, -0.05) is 122 Å². The van der Waals surface area contributed by atoms with Gasteiger partial charge in [-0.15, -0.1) is 0 Å². The van der Waals surface area contributed by atoms with E-state index in [1.54, 1.807) is 0 Å². The van der Waals surface area contributed by atoms with Gasteiger partial charge in [-0.25, -0.2) is 0 Å². The van der Waals surface area contributed by atoms with Crippen LogP contribution in [-0.2, 0) is 0 Å². The van der Waals surface area contributed by atoms with Gasteiger partial charge in [0.1, 0.15) is 0 Å². The maximum absolute atomic E-state index is 3.23. The van der Waals surface area contributed by atoms with Gasteiger partial charge in [-0.3, -0.25) is 0 Å². The number of rotatable bonds is 7. The SMILES string of the molecule is C/C(=C\c1c(C)n(C2=CC=CCC2)c2ccc(-c3cccc(C)c3)cc12)C1=CCC(N(C2=CC3C(C=C2)C2=C(C=C=C=C2)C3(C)C)c2ccccc2)C=C1. The third-order valence-electron chi connectivity index (χ3n) is 12.4. The summed E-state index contributed by atoms with van der Waals surface area (Å²) in [5, 5.41) is 1.30. The summed E-state index contributed by atoms with van der Waals surface area (Å²) in [4.78, 5) is 2.55. The average molecular weight is 701 g/mol. The molecule has 54 heavy (non-hydrogen) atoms. The first-order valence-electron chi connectivity index (χ1n) is 19.6. The number of benzene rings is 3. The molecule has 2 heteroatoms. The molecule has 0 amide bonds. The lowest BCUT2D eigenvalue weighted by atomic mass is 9.72. The van der Waals surface area contributed by atoms with E-state index in [1.807, 2.05) is 0 Å². The Labute approximate surface area is 320 Å². The lowest BCUT2D eigenvalue weighted by Crippen LogP contribution is -2.36. The van der Waals surface area contributed by atoms with Crippen molar-refractivity contribution in [3.8, 4) is 11.1 Å². The lowest BCUT2D eigenvalue weighted by Gasteiger charge is -2.38. The quantitative estimate of drug-likeness (QED) is 0.174. The molecule has 9 rings (SSSR count). The van der Waals surface area contributed by atoms with Crippen molar-refractivity contribution in [3.05, 3.63) is 196 Å². The predicted molar refractivity (Wildman–Crippen MR) is 229 cm³/mol. The van der Waals surface area contributed by atoms with Crippen molar-refractivity contribution >= 4 is 28.4 Å². The Kier molecular flexibility index (Phi) is 8.55. The first-order valence-corrected chi connectivity index (χ1v) is 19.6. The summed E-state index contributed by atoms with van der Waals surface area (Å²) in [6.07, 6.45) is 31.1. The molecule has 0 saturated carbocycles. The van der Waals surface area contributed by atoms with E-state index in [0.717, 1.165) is 19.3 Å². The molecule has 3 unspecified atom stereocenters. The van der Waals surface area contributed by atoms with Crippen molar-refractivity contribution in [2.75, 3.05) is 4.90 Å². The summed E-state index contributed by atoms with van der Waals surface area (Å²) in [5.41, 5.74) is 23.4. The van der Waals surface area contributed by atoms with Crippen LogP contribution in [0.3, 0.4) is 0 Å². The van der Waals surface area contributed by atoms with Gasteiger partial charge in [0.15, 0.2) is 0 Å². The number of nitrogens with zero attached hydrogens (tertiary/aromatic N) is 2.